The molecule has 1 heterocycles. The SMILES string of the molecule is CC[C@H](C)[C@H](NC(=O)[C@H](CCC(N)=O)NC(=O)[C@@H]1CCCN1C(=O)[C@H](CO)NC(=O)[C@H](CC(N)=O)NC(=O)[C@H](Cc1ccccc1)NC(=O)[C@@H](N)CO)C(=O)N[C@H](C(=O)O)[C@@H](C)O. The van der Waals surface area contributed by atoms with Gasteiger partial charge in [-0.3, -0.25) is 43.2 Å². The van der Waals surface area contributed by atoms with E-state index in [4.69, 9.17) is 17.2 Å². The third-order valence-corrected chi connectivity index (χ3v) is 10.3. The molecule has 1 aromatic rings. The maximum atomic E-state index is 13.8. The van der Waals surface area contributed by atoms with Crippen LogP contribution in [-0.4, -0.2) is 159 Å². The molecular weight excluding hydrogens is 832 g/mol. The summed E-state index contributed by atoms with van der Waals surface area (Å²) in [5, 5.41) is 53.0. The van der Waals surface area contributed by atoms with Gasteiger partial charge in [0.05, 0.1) is 25.7 Å². The third-order valence-electron chi connectivity index (χ3n) is 10.3. The smallest absolute Gasteiger partial charge is 0.328 e. The Kier molecular flexibility index (Phi) is 21.5. The van der Waals surface area contributed by atoms with Gasteiger partial charge in [0.1, 0.15) is 42.3 Å². The van der Waals surface area contributed by atoms with Crippen molar-refractivity contribution in [1.82, 2.24) is 36.8 Å². The number of carboxylic acids is 1. The number of nitrogens with zero attached hydrogens (tertiary/aromatic N) is 1. The molecule has 24 heteroatoms. The Morgan fingerprint density at radius 3 is 1.84 bits per heavy atom. The lowest BCUT2D eigenvalue weighted by molar-refractivity contribution is -0.145. The van der Waals surface area contributed by atoms with Crippen molar-refractivity contribution in [2.45, 2.75) is 120 Å². The second-order valence-electron chi connectivity index (χ2n) is 15.2. The number of nitrogens with two attached hydrogens (primary N) is 3. The number of hydrogen-bond donors (Lipinski definition) is 13. The van der Waals surface area contributed by atoms with Gasteiger partial charge in [0.15, 0.2) is 6.04 Å². The molecule has 1 aliphatic heterocycles. The van der Waals surface area contributed by atoms with E-state index in [1.807, 2.05) is 0 Å². The first kappa shape index (κ1) is 52.9. The molecule has 1 saturated heterocycles. The van der Waals surface area contributed by atoms with Crippen LogP contribution in [0.4, 0.5) is 0 Å². The number of rotatable bonds is 26. The molecule has 16 N–H and O–H groups in total. The van der Waals surface area contributed by atoms with Gasteiger partial charge >= 0.3 is 5.97 Å². The molecule has 1 aliphatic rings. The lowest BCUT2D eigenvalue weighted by Gasteiger charge is -2.31. The summed E-state index contributed by atoms with van der Waals surface area (Å²) in [5.41, 5.74) is 16.9. The fourth-order valence-corrected chi connectivity index (χ4v) is 6.48. The van der Waals surface area contributed by atoms with E-state index < -0.39 is 146 Å². The number of primary amides is 2. The van der Waals surface area contributed by atoms with E-state index in [1.54, 1.807) is 44.2 Å². The van der Waals surface area contributed by atoms with E-state index in [1.165, 1.54) is 0 Å². The van der Waals surface area contributed by atoms with Crippen molar-refractivity contribution < 1.29 is 68.4 Å². The van der Waals surface area contributed by atoms with Crippen molar-refractivity contribution >= 4 is 59.1 Å². The average Bonchev–Trinajstić information content (AvgIpc) is 3.74. The van der Waals surface area contributed by atoms with Crippen LogP contribution in [0, 0.1) is 5.92 Å². The van der Waals surface area contributed by atoms with E-state index in [0.717, 1.165) is 11.8 Å². The number of aliphatic hydroxyl groups excluding tert-OH is 3. The molecule has 0 aliphatic carbocycles. The number of aliphatic hydroxyl groups is 3. The monoisotopic (exact) mass is 892 g/mol. The normalized spacial score (nSPS) is 17.8. The Morgan fingerprint density at radius 2 is 1.30 bits per heavy atom. The fraction of sp³-hybridized carbons (Fsp3) is 0.590. The van der Waals surface area contributed by atoms with Crippen molar-refractivity contribution in [1.29, 1.82) is 0 Å². The van der Waals surface area contributed by atoms with Crippen LogP contribution in [0.1, 0.15) is 64.9 Å². The van der Waals surface area contributed by atoms with Crippen LogP contribution in [0.15, 0.2) is 30.3 Å². The summed E-state index contributed by atoms with van der Waals surface area (Å²) >= 11 is 0. The van der Waals surface area contributed by atoms with Gasteiger partial charge in [-0.25, -0.2) is 4.79 Å². The maximum absolute atomic E-state index is 13.8. The molecule has 1 aromatic carbocycles. The van der Waals surface area contributed by atoms with Gasteiger partial charge in [0.2, 0.25) is 53.2 Å². The van der Waals surface area contributed by atoms with Crippen LogP contribution < -0.4 is 49.1 Å². The quantitative estimate of drug-likeness (QED) is 0.0412. The summed E-state index contributed by atoms with van der Waals surface area (Å²) in [6, 6.07) is -3.82. The minimum absolute atomic E-state index is 0.0382. The highest BCUT2D eigenvalue weighted by molar-refractivity contribution is 5.99. The average molecular weight is 893 g/mol. The summed E-state index contributed by atoms with van der Waals surface area (Å²) in [5.74, 6) is -10.8. The molecule has 0 radical (unpaired) electrons. The third kappa shape index (κ3) is 16.5. The van der Waals surface area contributed by atoms with Gasteiger partial charge in [-0.15, -0.1) is 0 Å². The number of aliphatic carboxylic acids is 1. The Balaban J connectivity index is 2.30. The van der Waals surface area contributed by atoms with Crippen molar-refractivity contribution in [2.24, 2.45) is 23.1 Å². The molecule has 0 spiro atoms. The minimum Gasteiger partial charge on any atom is -0.480 e. The summed E-state index contributed by atoms with van der Waals surface area (Å²) in [6.07, 6.45) is -2.59. The fourth-order valence-electron chi connectivity index (χ4n) is 6.48. The van der Waals surface area contributed by atoms with Crippen LogP contribution in [-0.2, 0) is 54.4 Å². The Bertz CT molecular complexity index is 1800. The standard InChI is InChI=1S/C39H60N10O14/c1-4-19(2)30(37(60)48-31(20(3)52)39(62)63)47-33(56)23(12-13-28(41)53)43-36(59)27-11-8-14-49(27)38(61)26(18-51)46-35(58)25(16-29(42)54)45-34(57)24(44-32(55)22(40)17-50)15-21-9-6-5-7-10-21/h5-7,9-10,19-20,22-27,30-31,50-52H,4,8,11-18,40H2,1-3H3,(H2,41,53)(H2,42,54)(H,43,59)(H,44,55)(H,45,57)(H,46,58)(H,47,56)(H,48,60)(H,62,63)/t19-,20+,22-,23-,24-,25-,26-,27-,30-,31-/m0/s1. The van der Waals surface area contributed by atoms with Gasteiger partial charge < -0.3 is 74.4 Å². The van der Waals surface area contributed by atoms with Gasteiger partial charge in [0.25, 0.3) is 0 Å². The summed E-state index contributed by atoms with van der Waals surface area (Å²) < 4.78 is 0. The zero-order chi connectivity index (χ0) is 47.6. The van der Waals surface area contributed by atoms with Crippen LogP contribution in [0.2, 0.25) is 0 Å². The highest BCUT2D eigenvalue weighted by Crippen LogP contribution is 2.20. The van der Waals surface area contributed by atoms with Crippen LogP contribution >= 0.6 is 0 Å². The van der Waals surface area contributed by atoms with Gasteiger partial charge in [-0.1, -0.05) is 50.6 Å². The molecular formula is C39H60N10O14. The van der Waals surface area contributed by atoms with E-state index >= 15 is 0 Å². The first-order chi connectivity index (χ1) is 29.6. The number of benzene rings is 1. The second kappa shape index (κ2) is 25.6. The molecule has 350 valence electrons. The van der Waals surface area contributed by atoms with E-state index in [-0.39, 0.29) is 32.2 Å². The predicted octanol–water partition coefficient (Wildman–Crippen LogP) is -5.91. The zero-order valence-electron chi connectivity index (χ0n) is 35.3. The lowest BCUT2D eigenvalue weighted by atomic mass is 9.96. The van der Waals surface area contributed by atoms with Gasteiger partial charge in [-0.05, 0) is 37.7 Å². The number of carbonyl (C=O) groups excluding carboxylic acids is 9. The molecule has 0 saturated carbocycles. The first-order valence-electron chi connectivity index (χ1n) is 20.3. The molecule has 9 amide bonds. The topological polar surface area (TPSA) is 405 Å². The lowest BCUT2D eigenvalue weighted by Crippen LogP contribution is -2.61. The molecule has 1 fully saturated rings. The Hall–Kier alpha value is -6.24. The molecule has 63 heavy (non-hydrogen) atoms. The zero-order valence-corrected chi connectivity index (χ0v) is 35.3. The molecule has 24 nitrogen and oxygen atoms in total. The van der Waals surface area contributed by atoms with Crippen molar-refractivity contribution in [2.75, 3.05) is 19.8 Å². The predicted molar refractivity (Wildman–Crippen MR) is 220 cm³/mol. The van der Waals surface area contributed by atoms with Crippen molar-refractivity contribution in [3.05, 3.63) is 35.9 Å². The number of carboxylic acid groups (broad SMARTS) is 1. The number of carbonyl (C=O) groups is 10. The van der Waals surface area contributed by atoms with E-state index in [9.17, 15) is 68.4 Å². The largest absolute Gasteiger partial charge is 0.480 e. The summed E-state index contributed by atoms with van der Waals surface area (Å²) in [6.45, 7) is 2.58. The second-order valence-corrected chi connectivity index (χ2v) is 15.2. The molecule has 0 bridgehead atoms. The number of nitrogens with one attached hydrogen (secondary N) is 6. The van der Waals surface area contributed by atoms with Crippen molar-refractivity contribution in [3.8, 4) is 0 Å². The number of hydrogen-bond acceptors (Lipinski definition) is 14. The molecule has 2 rings (SSSR count). The van der Waals surface area contributed by atoms with Gasteiger partial charge in [0, 0.05) is 19.4 Å². The number of likely N-dealkylation sites (tertiary alicyclic amines) is 1. The minimum atomic E-state index is -1.75. The van der Waals surface area contributed by atoms with Crippen LogP contribution in [0.25, 0.3) is 0 Å². The Morgan fingerprint density at radius 1 is 0.730 bits per heavy atom. The van der Waals surface area contributed by atoms with E-state index in [2.05, 4.69) is 31.9 Å². The summed E-state index contributed by atoms with van der Waals surface area (Å²) in [4.78, 5) is 131. The van der Waals surface area contributed by atoms with Crippen LogP contribution in [0.3, 0.4) is 0 Å². The van der Waals surface area contributed by atoms with Crippen LogP contribution in [0.5, 0.6) is 0 Å². The number of amides is 9. The van der Waals surface area contributed by atoms with E-state index in [0.29, 0.717) is 12.0 Å². The highest BCUT2D eigenvalue weighted by atomic mass is 16.4. The molecule has 0 unspecified atom stereocenters. The molecule has 0 aromatic heterocycles. The van der Waals surface area contributed by atoms with Crippen molar-refractivity contribution in [3.63, 3.8) is 0 Å². The van der Waals surface area contributed by atoms with Gasteiger partial charge in [-0.2, -0.15) is 0 Å². The maximum Gasteiger partial charge on any atom is 0.328 e. The Labute approximate surface area is 362 Å². The highest BCUT2D eigenvalue weighted by Gasteiger charge is 2.41. The first-order valence-corrected chi connectivity index (χ1v) is 20.3. The molecule has 10 atom stereocenters. The summed E-state index contributed by atoms with van der Waals surface area (Å²) in [7, 11) is 0.